The molecule has 61 heavy (non-hydrogen) atoms. The van der Waals surface area contributed by atoms with Gasteiger partial charge in [0.1, 0.15) is 58.6 Å². The van der Waals surface area contributed by atoms with Crippen molar-refractivity contribution in [2.45, 2.75) is 54.9 Å². The summed E-state index contributed by atoms with van der Waals surface area (Å²) >= 11 is 0. The molecule has 0 aliphatic carbocycles. The fourth-order valence-corrected chi connectivity index (χ4v) is 8.75. The minimum atomic E-state index is -1.69. The Balaban J connectivity index is 1.31. The maximum Gasteiger partial charge on any atom is 0.157 e. The molecule has 16 nitrogen and oxygen atoms in total. The molecule has 0 radical (unpaired) electrons. The van der Waals surface area contributed by atoms with Crippen molar-refractivity contribution in [3.8, 4) is 74.7 Å². The lowest BCUT2D eigenvalue weighted by Crippen LogP contribution is -2.38. The molecule has 8 atom stereocenters. The van der Waals surface area contributed by atoms with Gasteiger partial charge in [0.25, 0.3) is 0 Å². The Labute approximate surface area is 345 Å². The van der Waals surface area contributed by atoms with Crippen molar-refractivity contribution < 1.29 is 80.6 Å². The van der Waals surface area contributed by atoms with Crippen LogP contribution in [-0.4, -0.2) is 84.7 Å². The zero-order valence-corrected chi connectivity index (χ0v) is 31.5. The minimum Gasteiger partial charge on any atom is -0.508 e. The molecular weight excluding hydrogens is 796 g/mol. The Bertz CT molecular complexity index is 2730. The van der Waals surface area contributed by atoms with Gasteiger partial charge in [-0.15, -0.1) is 0 Å². The smallest absolute Gasteiger partial charge is 0.157 e. The van der Waals surface area contributed by atoms with Gasteiger partial charge in [-0.05, 0) is 65.2 Å². The third-order valence-corrected chi connectivity index (χ3v) is 11.7. The number of phenols is 10. The van der Waals surface area contributed by atoms with E-state index in [1.54, 1.807) is 0 Å². The predicted molar refractivity (Wildman–Crippen MR) is 211 cm³/mol. The van der Waals surface area contributed by atoms with E-state index in [-0.39, 0.29) is 79.7 Å². The van der Waals surface area contributed by atoms with E-state index < -0.39 is 94.5 Å². The Morgan fingerprint density at radius 2 is 0.836 bits per heavy atom. The van der Waals surface area contributed by atoms with E-state index >= 15 is 0 Å². The second kappa shape index (κ2) is 14.4. The third-order valence-electron chi connectivity index (χ3n) is 11.7. The average molecular weight is 835 g/mol. The molecule has 0 saturated heterocycles. The number of hydrogen-bond donors (Lipinski definition) is 13. The lowest BCUT2D eigenvalue weighted by Gasteiger charge is -2.42. The molecule has 16 heteroatoms. The van der Waals surface area contributed by atoms with Crippen LogP contribution < -0.4 is 14.2 Å². The highest BCUT2D eigenvalue weighted by molar-refractivity contribution is 5.70. The number of aliphatic hydroxyl groups excluding tert-OH is 3. The van der Waals surface area contributed by atoms with Crippen molar-refractivity contribution in [3.05, 3.63) is 136 Å². The number of aliphatic hydroxyl groups is 3. The molecule has 0 saturated carbocycles. The van der Waals surface area contributed by atoms with Crippen LogP contribution in [0.1, 0.15) is 74.7 Å². The van der Waals surface area contributed by atoms with Gasteiger partial charge in [0.05, 0.1) is 6.10 Å². The average Bonchev–Trinajstić information content (AvgIpc) is 3.22. The van der Waals surface area contributed by atoms with Gasteiger partial charge in [0, 0.05) is 58.2 Å². The molecule has 9 rings (SSSR count). The second-order valence-corrected chi connectivity index (χ2v) is 15.3. The largest absolute Gasteiger partial charge is 0.508 e. The molecule has 3 aliphatic rings. The zero-order chi connectivity index (χ0) is 43.2. The zero-order valence-electron chi connectivity index (χ0n) is 31.5. The highest BCUT2D eigenvalue weighted by Gasteiger charge is 2.49. The van der Waals surface area contributed by atoms with E-state index in [2.05, 4.69) is 0 Å². The number of aromatic hydroxyl groups is 10. The Hall–Kier alpha value is -7.40. The monoisotopic (exact) mass is 834 g/mol. The van der Waals surface area contributed by atoms with Crippen LogP contribution in [0.25, 0.3) is 0 Å². The summed E-state index contributed by atoms with van der Waals surface area (Å²) in [4.78, 5) is 0. The predicted octanol–water partition coefficient (Wildman–Crippen LogP) is 5.03. The Kier molecular flexibility index (Phi) is 9.23. The third kappa shape index (κ3) is 6.35. The molecular formula is C45H38O16. The number of ether oxygens (including phenoxy) is 3. The standard InChI is InChI=1S/C45H38O16/c46-20-4-6-22-32(14-20)59-43(18-2-9-26(49)29(52)12-18)40(57)34(22)36-38(55)24-16-31(54)42(17-1-8-25(48)28(51)11-17)61-45(24)37(39(36)56)35-23-7-5-21(47)15-33(23)60-44(41(35)58)19-3-10-27(50)30(53)13-19/h1-15,31,34-35,40-44,46-58H,16H2/t31-,34+,35-,40+,41+,42+,43-,44-/m0/s1. The van der Waals surface area contributed by atoms with E-state index in [1.807, 2.05) is 0 Å². The second-order valence-electron chi connectivity index (χ2n) is 15.3. The van der Waals surface area contributed by atoms with Crippen molar-refractivity contribution in [1.82, 2.24) is 0 Å². The van der Waals surface area contributed by atoms with Gasteiger partial charge < -0.3 is 80.6 Å². The van der Waals surface area contributed by atoms with Crippen LogP contribution in [0.2, 0.25) is 0 Å². The van der Waals surface area contributed by atoms with E-state index in [1.165, 1.54) is 78.9 Å². The summed E-state index contributed by atoms with van der Waals surface area (Å²) in [6.45, 7) is 0. The Morgan fingerprint density at radius 3 is 1.28 bits per heavy atom. The normalized spacial score (nSPS) is 24.0. The molecule has 6 aromatic carbocycles. The summed E-state index contributed by atoms with van der Waals surface area (Å²) in [5, 5.41) is 144. The van der Waals surface area contributed by atoms with Crippen LogP contribution in [0.3, 0.4) is 0 Å². The van der Waals surface area contributed by atoms with Gasteiger partial charge in [-0.3, -0.25) is 0 Å². The van der Waals surface area contributed by atoms with Crippen LogP contribution in [0, 0.1) is 0 Å². The van der Waals surface area contributed by atoms with Crippen LogP contribution in [0.4, 0.5) is 0 Å². The quantitative estimate of drug-likeness (QED) is 0.101. The first-order valence-corrected chi connectivity index (χ1v) is 19.0. The Morgan fingerprint density at radius 1 is 0.410 bits per heavy atom. The molecule has 0 spiro atoms. The summed E-state index contributed by atoms with van der Waals surface area (Å²) in [6, 6.07) is 19.2. The number of hydrogen-bond acceptors (Lipinski definition) is 16. The molecule has 3 heterocycles. The number of phenolic OH excluding ortho intramolecular Hbond substituents is 10. The summed E-state index contributed by atoms with van der Waals surface area (Å²) in [5.41, 5.74) is 0.295. The molecule has 3 aliphatic heterocycles. The lowest BCUT2D eigenvalue weighted by atomic mass is 9.73. The van der Waals surface area contributed by atoms with Crippen molar-refractivity contribution in [3.63, 3.8) is 0 Å². The van der Waals surface area contributed by atoms with Crippen LogP contribution >= 0.6 is 0 Å². The van der Waals surface area contributed by atoms with E-state index in [9.17, 15) is 66.4 Å². The first-order valence-electron chi connectivity index (χ1n) is 19.0. The first kappa shape index (κ1) is 39.1. The molecule has 0 bridgehead atoms. The topological polar surface area (TPSA) is 291 Å². The van der Waals surface area contributed by atoms with Crippen molar-refractivity contribution in [2.24, 2.45) is 0 Å². The minimum absolute atomic E-state index is 0.00791. The van der Waals surface area contributed by atoms with Crippen LogP contribution in [0.15, 0.2) is 91.0 Å². The number of rotatable bonds is 5. The molecule has 13 N–H and O–H groups in total. The highest BCUT2D eigenvalue weighted by Crippen LogP contribution is 2.60. The molecule has 6 aromatic rings. The van der Waals surface area contributed by atoms with Crippen molar-refractivity contribution in [1.29, 1.82) is 0 Å². The van der Waals surface area contributed by atoms with Gasteiger partial charge in [0.15, 0.2) is 46.7 Å². The maximum atomic E-state index is 12.9. The summed E-state index contributed by atoms with van der Waals surface area (Å²) in [5.74, 6) is -7.77. The van der Waals surface area contributed by atoms with Crippen molar-refractivity contribution in [2.75, 3.05) is 0 Å². The molecule has 0 fully saturated rings. The SMILES string of the molecule is Oc1ccc2c(c1)O[C@@H](c1ccc(O)c(O)c1)[C@H](O)[C@H]2c1c(O)c2c(c([C@@H]3c4ccc(O)cc4O[C@@H](c4ccc(O)c(O)c4)[C@@H]3O)c1O)O[C@H](c1ccc(O)c(O)c1)[C@@H](O)C2. The fourth-order valence-electron chi connectivity index (χ4n) is 8.75. The fraction of sp³-hybridized carbons (Fsp3) is 0.200. The van der Waals surface area contributed by atoms with Gasteiger partial charge >= 0.3 is 0 Å². The molecule has 314 valence electrons. The van der Waals surface area contributed by atoms with Crippen molar-refractivity contribution >= 4 is 0 Å². The van der Waals surface area contributed by atoms with Gasteiger partial charge in [-0.2, -0.15) is 0 Å². The summed E-state index contributed by atoms with van der Waals surface area (Å²) < 4.78 is 18.9. The van der Waals surface area contributed by atoms with Crippen LogP contribution in [-0.2, 0) is 6.42 Å². The number of fused-ring (bicyclic) bond motifs is 3. The maximum absolute atomic E-state index is 12.9. The van der Waals surface area contributed by atoms with Gasteiger partial charge in [0.2, 0.25) is 0 Å². The first-order chi connectivity index (χ1) is 29.1. The molecule has 0 unspecified atom stereocenters. The van der Waals surface area contributed by atoms with E-state index in [0.29, 0.717) is 0 Å². The summed E-state index contributed by atoms with van der Waals surface area (Å²) in [7, 11) is 0. The van der Waals surface area contributed by atoms with Gasteiger partial charge in [-0.25, -0.2) is 0 Å². The van der Waals surface area contributed by atoms with Crippen LogP contribution in [0.5, 0.6) is 74.7 Å². The van der Waals surface area contributed by atoms with E-state index in [0.717, 1.165) is 12.1 Å². The molecule has 0 amide bonds. The summed E-state index contributed by atoms with van der Waals surface area (Å²) in [6.07, 6.45) is -9.21. The van der Waals surface area contributed by atoms with Gasteiger partial charge in [-0.1, -0.05) is 30.3 Å². The highest BCUT2D eigenvalue weighted by atomic mass is 16.5. The lowest BCUT2D eigenvalue weighted by molar-refractivity contribution is 0.000360. The number of benzene rings is 6. The van der Waals surface area contributed by atoms with E-state index in [4.69, 9.17) is 14.2 Å². The molecule has 0 aromatic heterocycles.